The minimum Gasteiger partial charge on any atom is -0.489 e. The molecule has 9 rings (SSSR count). The van der Waals surface area contributed by atoms with Gasteiger partial charge in [0.05, 0.1) is 27.2 Å². The SMILES string of the molecule is C[C@H](Oc1nc2c3c(c(Cl)c(-c4ccc(F)c5sc(N)c(C#N)c45)c(F)c3n1)OCCN2C1CC2CCC1CN2)[C@@H]1CCCN1C. The van der Waals surface area contributed by atoms with Crippen LogP contribution in [0, 0.1) is 28.9 Å². The first-order valence-corrected chi connectivity index (χ1v) is 17.1. The molecule has 4 aliphatic heterocycles. The number of hydrogen-bond acceptors (Lipinski definition) is 10. The molecule has 5 atom stereocenters. The lowest BCUT2D eigenvalue weighted by Gasteiger charge is -2.48. The lowest BCUT2D eigenvalue weighted by Crippen LogP contribution is -2.58. The van der Waals surface area contributed by atoms with Crippen molar-refractivity contribution in [3.05, 3.63) is 34.4 Å². The number of ether oxygens (including phenoxy) is 2. The molecule has 3 unspecified atom stereocenters. The number of nitrogens with two attached hydrogens (primary N) is 1. The third kappa shape index (κ3) is 4.58. The van der Waals surface area contributed by atoms with Crippen LogP contribution < -0.4 is 25.4 Å². The Morgan fingerprint density at radius 2 is 2.07 bits per heavy atom. The highest BCUT2D eigenvalue weighted by Crippen LogP contribution is 2.51. The zero-order valence-corrected chi connectivity index (χ0v) is 27.1. The number of nitrogens with zero attached hydrogens (tertiary/aromatic N) is 5. The smallest absolute Gasteiger partial charge is 0.319 e. The number of nitrogens with one attached hydrogen (secondary N) is 1. The van der Waals surface area contributed by atoms with Crippen molar-refractivity contribution in [2.45, 2.75) is 63.3 Å². The second-order valence-electron chi connectivity index (χ2n) is 12.9. The molecule has 3 N–H and O–H groups in total. The molecule has 13 heteroatoms. The third-order valence-electron chi connectivity index (χ3n) is 10.4. The summed E-state index contributed by atoms with van der Waals surface area (Å²) in [4.78, 5) is 14.2. The van der Waals surface area contributed by atoms with Crippen LogP contribution in [0.25, 0.3) is 32.1 Å². The van der Waals surface area contributed by atoms with Gasteiger partial charge >= 0.3 is 6.01 Å². The van der Waals surface area contributed by atoms with E-state index in [2.05, 4.69) is 28.2 Å². The minimum atomic E-state index is -0.721. The van der Waals surface area contributed by atoms with E-state index in [9.17, 15) is 9.65 Å². The quantitative estimate of drug-likeness (QED) is 0.261. The third-order valence-corrected chi connectivity index (χ3v) is 11.8. The van der Waals surface area contributed by atoms with Crippen molar-refractivity contribution in [2.75, 3.05) is 43.9 Å². The molecule has 9 nitrogen and oxygen atoms in total. The van der Waals surface area contributed by atoms with E-state index < -0.39 is 11.6 Å². The van der Waals surface area contributed by atoms with Crippen molar-refractivity contribution < 1.29 is 18.3 Å². The molecular weight excluding hydrogens is 632 g/mol. The maximum atomic E-state index is 17.2. The van der Waals surface area contributed by atoms with Crippen molar-refractivity contribution in [1.82, 2.24) is 20.2 Å². The van der Waals surface area contributed by atoms with E-state index >= 15 is 4.39 Å². The van der Waals surface area contributed by atoms with Gasteiger partial charge in [-0.15, -0.1) is 11.3 Å². The van der Waals surface area contributed by atoms with Crippen LogP contribution in [0.1, 0.15) is 44.6 Å². The average Bonchev–Trinajstić information content (AvgIpc) is 3.58. The van der Waals surface area contributed by atoms with Crippen molar-refractivity contribution in [1.29, 1.82) is 5.26 Å². The Bertz CT molecular complexity index is 1920. The monoisotopic (exact) mass is 665 g/mol. The van der Waals surface area contributed by atoms with Gasteiger partial charge in [-0.1, -0.05) is 17.7 Å². The number of nitrogen functional groups attached to an aromatic ring is 1. The molecule has 4 aromatic rings. The molecule has 0 radical (unpaired) electrons. The summed E-state index contributed by atoms with van der Waals surface area (Å²) < 4.78 is 45.1. The molecule has 2 bridgehead atoms. The Hall–Kier alpha value is -3.50. The van der Waals surface area contributed by atoms with Crippen LogP contribution in [0.2, 0.25) is 5.02 Å². The van der Waals surface area contributed by atoms with E-state index in [0.29, 0.717) is 36.3 Å². The fourth-order valence-electron chi connectivity index (χ4n) is 8.16. The highest BCUT2D eigenvalue weighted by molar-refractivity contribution is 7.23. The average molecular weight is 666 g/mol. The minimum absolute atomic E-state index is 0.00607. The zero-order valence-electron chi connectivity index (χ0n) is 25.6. The standard InChI is InChI=1S/C33H34ClF2N7O2S/c1-15(21-4-3-9-42(21)2)45-33-40-28-25-29(44-11-10-43(32(25)41-33)22-12-17-6-5-16(22)14-39-17)26(34)24(27(28)36)18-7-8-20(35)30-23(18)19(13-37)31(38)46-30/h7-8,15-17,21-22,39H,3-6,9-12,14,38H2,1-2H3/t15-,16?,17?,21-,22?/m0/s1. The van der Waals surface area contributed by atoms with Crippen LogP contribution >= 0.6 is 22.9 Å². The van der Waals surface area contributed by atoms with E-state index in [0.717, 1.165) is 56.5 Å². The van der Waals surface area contributed by atoms with Crippen molar-refractivity contribution in [3.63, 3.8) is 0 Å². The first kappa shape index (κ1) is 29.9. The molecule has 1 aliphatic carbocycles. The van der Waals surface area contributed by atoms with E-state index in [1.807, 2.05) is 6.92 Å². The highest BCUT2D eigenvalue weighted by atomic mass is 35.5. The Morgan fingerprint density at radius 1 is 1.22 bits per heavy atom. The lowest BCUT2D eigenvalue weighted by atomic mass is 9.76. The molecule has 5 aliphatic rings. The van der Waals surface area contributed by atoms with Gasteiger partial charge in [0, 0.05) is 35.6 Å². The van der Waals surface area contributed by atoms with Crippen molar-refractivity contribution in [2.24, 2.45) is 5.92 Å². The van der Waals surface area contributed by atoms with Crippen LogP contribution in [0.5, 0.6) is 11.8 Å². The van der Waals surface area contributed by atoms with E-state index in [4.69, 9.17) is 36.8 Å². The number of piperidine rings is 2. The molecule has 4 fully saturated rings. The van der Waals surface area contributed by atoms with Gasteiger partial charge in [0.15, 0.2) is 11.6 Å². The molecule has 0 spiro atoms. The maximum absolute atomic E-state index is 17.2. The summed E-state index contributed by atoms with van der Waals surface area (Å²) in [6.45, 7) is 4.73. The summed E-state index contributed by atoms with van der Waals surface area (Å²) in [5.41, 5.74) is 6.41. The van der Waals surface area contributed by atoms with Gasteiger partial charge in [0.25, 0.3) is 0 Å². The summed E-state index contributed by atoms with van der Waals surface area (Å²) >= 11 is 8.03. The van der Waals surface area contributed by atoms with Gasteiger partial charge < -0.3 is 25.4 Å². The topological polar surface area (TPSA) is 113 Å². The number of rotatable bonds is 5. The summed E-state index contributed by atoms with van der Waals surface area (Å²) in [5, 5.41) is 14.3. The van der Waals surface area contributed by atoms with E-state index in [-0.39, 0.29) is 72.3 Å². The number of hydrogen-bond donors (Lipinski definition) is 2. The van der Waals surface area contributed by atoms with Crippen molar-refractivity contribution >= 4 is 54.7 Å². The normalized spacial score (nSPS) is 25.1. The van der Waals surface area contributed by atoms with Gasteiger partial charge in [-0.3, -0.25) is 4.90 Å². The molecule has 2 aromatic carbocycles. The van der Waals surface area contributed by atoms with E-state index in [1.54, 1.807) is 0 Å². The lowest BCUT2D eigenvalue weighted by molar-refractivity contribution is 0.112. The van der Waals surface area contributed by atoms with Crippen LogP contribution in [-0.4, -0.2) is 72.4 Å². The van der Waals surface area contributed by atoms with Crippen LogP contribution in [0.3, 0.4) is 0 Å². The second kappa shape index (κ2) is 11.3. The molecule has 1 saturated carbocycles. The van der Waals surface area contributed by atoms with E-state index in [1.165, 1.54) is 12.1 Å². The molecule has 3 saturated heterocycles. The van der Waals surface area contributed by atoms with Crippen molar-refractivity contribution in [3.8, 4) is 29.0 Å². The molecule has 0 amide bonds. The van der Waals surface area contributed by atoms with Gasteiger partial charge in [-0.2, -0.15) is 15.2 Å². The summed E-state index contributed by atoms with van der Waals surface area (Å²) in [6.07, 6.45) is 5.01. The van der Waals surface area contributed by atoms with Gasteiger partial charge in [0.1, 0.15) is 40.9 Å². The Labute approximate surface area is 274 Å². The fraction of sp³-hybridized carbons (Fsp3) is 0.485. The molecular formula is C33H34ClF2N7O2S. The number of likely N-dealkylation sites (tertiary alicyclic amines) is 1. The molecule has 6 heterocycles. The number of benzene rings is 2. The van der Waals surface area contributed by atoms with Crippen LogP contribution in [0.4, 0.5) is 19.6 Å². The molecule has 240 valence electrons. The first-order chi connectivity index (χ1) is 22.2. The number of nitriles is 1. The highest BCUT2D eigenvalue weighted by Gasteiger charge is 2.42. The zero-order chi connectivity index (χ0) is 31.9. The largest absolute Gasteiger partial charge is 0.489 e. The summed E-state index contributed by atoms with van der Waals surface area (Å²) in [5.74, 6) is -0.0545. The summed E-state index contributed by atoms with van der Waals surface area (Å²) in [6, 6.07) is 5.60. The van der Waals surface area contributed by atoms with Gasteiger partial charge in [-0.25, -0.2) is 8.78 Å². The predicted molar refractivity (Wildman–Crippen MR) is 176 cm³/mol. The number of aromatic nitrogens is 2. The number of anilines is 2. The molecule has 46 heavy (non-hydrogen) atoms. The van der Waals surface area contributed by atoms with Gasteiger partial charge in [0.2, 0.25) is 0 Å². The number of likely N-dealkylation sites (N-methyl/N-ethyl adjacent to an activating group) is 1. The maximum Gasteiger partial charge on any atom is 0.319 e. The molecule has 2 aromatic heterocycles. The Balaban J connectivity index is 1.37. The van der Waals surface area contributed by atoms with Gasteiger partial charge in [-0.05, 0) is 70.2 Å². The number of fused-ring (bicyclic) bond motifs is 4. The summed E-state index contributed by atoms with van der Waals surface area (Å²) in [7, 11) is 2.08. The Kier molecular flexibility index (Phi) is 7.36. The predicted octanol–water partition coefficient (Wildman–Crippen LogP) is 6.10. The fourth-order valence-corrected chi connectivity index (χ4v) is 9.44. The first-order valence-electron chi connectivity index (χ1n) is 15.9. The Morgan fingerprint density at radius 3 is 2.76 bits per heavy atom. The van der Waals surface area contributed by atoms with Crippen LogP contribution in [-0.2, 0) is 0 Å². The number of halogens is 3. The van der Waals surface area contributed by atoms with Crippen LogP contribution in [0.15, 0.2) is 12.1 Å². The number of thiophene rings is 1. The second-order valence-corrected chi connectivity index (χ2v) is 14.4.